The molecule has 0 bridgehead atoms. The number of amides is 2. The van der Waals surface area contributed by atoms with Crippen molar-refractivity contribution in [2.24, 2.45) is 0 Å². The molecule has 0 aliphatic heterocycles. The van der Waals surface area contributed by atoms with Crippen molar-refractivity contribution in [1.29, 1.82) is 0 Å². The fourth-order valence-corrected chi connectivity index (χ4v) is 4.52. The van der Waals surface area contributed by atoms with E-state index in [1.54, 1.807) is 22.0 Å². The van der Waals surface area contributed by atoms with Gasteiger partial charge in [-0.15, -0.1) is 5.10 Å². The Hall–Kier alpha value is -3.29. The standard InChI is InChI=1S/C25H32N6O2/c1-2-3-17-30(23(32)18-31-22-12-8-7-11-21(22)28-29-31)24(19-13-15-26-16-14-19)25(33)27-20-9-5-4-6-10-20/h7-8,11-16,20,24H,2-6,9-10,17-18H2,1H3,(H,27,33). The molecule has 1 atom stereocenters. The molecule has 1 aliphatic carbocycles. The number of nitrogens with zero attached hydrogens (tertiary/aromatic N) is 5. The largest absolute Gasteiger partial charge is 0.351 e. The van der Waals surface area contributed by atoms with Gasteiger partial charge in [-0.2, -0.15) is 0 Å². The summed E-state index contributed by atoms with van der Waals surface area (Å²) in [5, 5.41) is 11.6. The topological polar surface area (TPSA) is 93.0 Å². The molecule has 1 fully saturated rings. The van der Waals surface area contributed by atoms with E-state index in [1.165, 1.54) is 6.42 Å². The van der Waals surface area contributed by atoms with Gasteiger partial charge in [-0.1, -0.05) is 50.0 Å². The minimum absolute atomic E-state index is 0.0303. The first-order valence-electron chi connectivity index (χ1n) is 12.0. The zero-order valence-electron chi connectivity index (χ0n) is 19.2. The van der Waals surface area contributed by atoms with Crippen LogP contribution in [0.5, 0.6) is 0 Å². The van der Waals surface area contributed by atoms with Crippen LogP contribution in [0.3, 0.4) is 0 Å². The molecule has 0 saturated heterocycles. The molecule has 1 unspecified atom stereocenters. The van der Waals surface area contributed by atoms with Crippen molar-refractivity contribution in [2.45, 2.75) is 70.5 Å². The molecule has 8 heteroatoms. The second-order valence-electron chi connectivity index (χ2n) is 8.70. The van der Waals surface area contributed by atoms with E-state index in [0.29, 0.717) is 6.54 Å². The van der Waals surface area contributed by atoms with Crippen molar-refractivity contribution < 1.29 is 9.59 Å². The van der Waals surface area contributed by atoms with Gasteiger partial charge in [0.1, 0.15) is 18.1 Å². The minimum atomic E-state index is -0.705. The van der Waals surface area contributed by atoms with Crippen molar-refractivity contribution in [3.05, 3.63) is 54.4 Å². The van der Waals surface area contributed by atoms with Crippen LogP contribution >= 0.6 is 0 Å². The van der Waals surface area contributed by atoms with Gasteiger partial charge in [0.15, 0.2) is 0 Å². The van der Waals surface area contributed by atoms with Crippen LogP contribution in [0, 0.1) is 0 Å². The Morgan fingerprint density at radius 1 is 1.12 bits per heavy atom. The SMILES string of the molecule is CCCCN(C(=O)Cn1nnc2ccccc21)C(C(=O)NC1CCCCC1)c1ccncc1. The molecular formula is C25H32N6O2. The third-order valence-electron chi connectivity index (χ3n) is 6.31. The van der Waals surface area contributed by atoms with Crippen molar-refractivity contribution in [3.63, 3.8) is 0 Å². The monoisotopic (exact) mass is 448 g/mol. The Labute approximate surface area is 194 Å². The lowest BCUT2D eigenvalue weighted by Crippen LogP contribution is -2.48. The van der Waals surface area contributed by atoms with E-state index in [2.05, 4.69) is 27.5 Å². The van der Waals surface area contributed by atoms with Gasteiger partial charge in [0.05, 0.1) is 5.52 Å². The molecule has 0 radical (unpaired) electrons. The van der Waals surface area contributed by atoms with Gasteiger partial charge in [-0.25, -0.2) is 4.68 Å². The second kappa shape index (κ2) is 11.0. The van der Waals surface area contributed by atoms with Crippen molar-refractivity contribution >= 4 is 22.8 Å². The lowest BCUT2D eigenvalue weighted by molar-refractivity contribution is -0.142. The third-order valence-corrected chi connectivity index (χ3v) is 6.31. The van der Waals surface area contributed by atoms with Crippen molar-refractivity contribution in [2.75, 3.05) is 6.54 Å². The number of aromatic nitrogens is 4. The maximum absolute atomic E-state index is 13.6. The predicted molar refractivity (Wildman–Crippen MR) is 126 cm³/mol. The highest BCUT2D eigenvalue weighted by atomic mass is 16.2. The van der Waals surface area contributed by atoms with Gasteiger partial charge in [-0.3, -0.25) is 14.6 Å². The highest BCUT2D eigenvalue weighted by molar-refractivity contribution is 5.89. The fourth-order valence-electron chi connectivity index (χ4n) is 4.52. The summed E-state index contributed by atoms with van der Waals surface area (Å²) in [7, 11) is 0. The summed E-state index contributed by atoms with van der Waals surface area (Å²) in [6.07, 6.45) is 10.5. The van der Waals surface area contributed by atoms with Crippen LogP contribution in [-0.2, 0) is 16.1 Å². The van der Waals surface area contributed by atoms with Gasteiger partial charge in [0.2, 0.25) is 11.8 Å². The van der Waals surface area contributed by atoms with Crippen LogP contribution in [0.2, 0.25) is 0 Å². The van der Waals surface area contributed by atoms with E-state index in [-0.39, 0.29) is 24.4 Å². The summed E-state index contributed by atoms with van der Waals surface area (Å²) >= 11 is 0. The number of hydrogen-bond donors (Lipinski definition) is 1. The molecule has 2 amide bonds. The number of carbonyl (C=O) groups is 2. The average molecular weight is 449 g/mol. The molecule has 2 aromatic heterocycles. The second-order valence-corrected chi connectivity index (χ2v) is 8.70. The molecule has 3 aromatic rings. The lowest BCUT2D eigenvalue weighted by Gasteiger charge is -2.33. The molecule has 1 aromatic carbocycles. The Kier molecular flexibility index (Phi) is 7.65. The molecule has 1 aliphatic rings. The first-order valence-corrected chi connectivity index (χ1v) is 12.0. The first-order chi connectivity index (χ1) is 16.2. The summed E-state index contributed by atoms with van der Waals surface area (Å²) in [6, 6.07) is 10.7. The van der Waals surface area contributed by atoms with Crippen LogP contribution in [0.25, 0.3) is 11.0 Å². The van der Waals surface area contributed by atoms with Crippen molar-refractivity contribution in [1.82, 2.24) is 30.2 Å². The van der Waals surface area contributed by atoms with Crippen LogP contribution in [0.15, 0.2) is 48.8 Å². The lowest BCUT2D eigenvalue weighted by atomic mass is 9.94. The van der Waals surface area contributed by atoms with E-state index in [0.717, 1.165) is 55.1 Å². The average Bonchev–Trinajstić information content (AvgIpc) is 3.25. The number of hydrogen-bond acceptors (Lipinski definition) is 5. The normalized spacial score (nSPS) is 15.3. The zero-order valence-corrected chi connectivity index (χ0v) is 19.2. The Morgan fingerprint density at radius 2 is 1.88 bits per heavy atom. The number of fused-ring (bicyclic) bond motifs is 1. The maximum atomic E-state index is 13.6. The van der Waals surface area contributed by atoms with Gasteiger partial charge in [-0.05, 0) is 49.1 Å². The molecule has 1 N–H and O–H groups in total. The number of para-hydroxylation sites is 1. The van der Waals surface area contributed by atoms with Gasteiger partial charge in [0, 0.05) is 25.0 Å². The van der Waals surface area contributed by atoms with E-state index in [4.69, 9.17) is 0 Å². The van der Waals surface area contributed by atoms with Crippen LogP contribution in [-0.4, -0.2) is 49.3 Å². The fraction of sp³-hybridized carbons (Fsp3) is 0.480. The number of pyridine rings is 1. The molecule has 0 spiro atoms. The van der Waals surface area contributed by atoms with Crippen LogP contribution in [0.4, 0.5) is 0 Å². The number of rotatable bonds is 9. The summed E-state index contributed by atoms with van der Waals surface area (Å²) in [5.74, 6) is -0.277. The maximum Gasteiger partial charge on any atom is 0.247 e. The Morgan fingerprint density at radius 3 is 2.64 bits per heavy atom. The van der Waals surface area contributed by atoms with Crippen LogP contribution in [0.1, 0.15) is 63.5 Å². The minimum Gasteiger partial charge on any atom is -0.351 e. The smallest absolute Gasteiger partial charge is 0.247 e. The van der Waals surface area contributed by atoms with E-state index >= 15 is 0 Å². The van der Waals surface area contributed by atoms with E-state index in [1.807, 2.05) is 36.4 Å². The molecule has 8 nitrogen and oxygen atoms in total. The summed E-state index contributed by atoms with van der Waals surface area (Å²) in [4.78, 5) is 33.0. The molecule has 33 heavy (non-hydrogen) atoms. The molecule has 174 valence electrons. The zero-order chi connectivity index (χ0) is 23.0. The summed E-state index contributed by atoms with van der Waals surface area (Å²) in [5.41, 5.74) is 2.31. The predicted octanol–water partition coefficient (Wildman–Crippen LogP) is 3.65. The summed E-state index contributed by atoms with van der Waals surface area (Å²) in [6.45, 7) is 2.60. The molecular weight excluding hydrogens is 416 g/mol. The number of carbonyl (C=O) groups excluding carboxylic acids is 2. The Balaban J connectivity index is 1.62. The van der Waals surface area contributed by atoms with Gasteiger partial charge >= 0.3 is 0 Å². The Bertz CT molecular complexity index is 1060. The summed E-state index contributed by atoms with van der Waals surface area (Å²) < 4.78 is 1.61. The molecule has 1 saturated carbocycles. The number of benzene rings is 1. The molecule has 4 rings (SSSR count). The van der Waals surface area contributed by atoms with E-state index < -0.39 is 6.04 Å². The molecule has 2 heterocycles. The van der Waals surface area contributed by atoms with E-state index in [9.17, 15) is 9.59 Å². The highest BCUT2D eigenvalue weighted by Gasteiger charge is 2.33. The first kappa shape index (κ1) is 22.9. The quantitative estimate of drug-likeness (QED) is 0.539. The highest BCUT2D eigenvalue weighted by Crippen LogP contribution is 2.25. The van der Waals surface area contributed by atoms with Crippen LogP contribution < -0.4 is 5.32 Å². The number of unbranched alkanes of at least 4 members (excludes halogenated alkanes) is 1. The van der Waals surface area contributed by atoms with Gasteiger partial charge < -0.3 is 10.2 Å². The van der Waals surface area contributed by atoms with Gasteiger partial charge in [0.25, 0.3) is 0 Å². The van der Waals surface area contributed by atoms with Crippen molar-refractivity contribution in [3.8, 4) is 0 Å². The number of nitrogens with one attached hydrogen (secondary N) is 1. The third kappa shape index (κ3) is 5.56.